The molecule has 1 aromatic heterocycles. The Morgan fingerprint density at radius 3 is 2.51 bits per heavy atom. The van der Waals surface area contributed by atoms with Crippen LogP contribution in [0, 0.1) is 11.3 Å². The molecule has 8 heteroatoms. The van der Waals surface area contributed by atoms with Crippen LogP contribution in [0.2, 0.25) is 0 Å². The van der Waals surface area contributed by atoms with Crippen molar-refractivity contribution in [2.75, 3.05) is 20.8 Å². The number of benzene rings is 3. The molecule has 0 saturated heterocycles. The summed E-state index contributed by atoms with van der Waals surface area (Å²) in [7, 11) is 3.12. The third-order valence-corrected chi connectivity index (χ3v) is 6.34. The molecule has 2 heterocycles. The molecule has 37 heavy (non-hydrogen) atoms. The SMILES string of the molecule is CCOC(=O)c1cc2ccc3c(c2cc1O)OC(n1cccc1)=C(C#N)C3c1ccc(OC)c(OC)c1. The van der Waals surface area contributed by atoms with E-state index in [4.69, 9.17) is 18.9 Å². The first-order valence-electron chi connectivity index (χ1n) is 11.6. The Morgan fingerprint density at radius 2 is 1.84 bits per heavy atom. The van der Waals surface area contributed by atoms with Crippen molar-refractivity contribution < 1.29 is 28.8 Å². The average molecular weight is 497 g/mol. The van der Waals surface area contributed by atoms with Crippen LogP contribution < -0.4 is 14.2 Å². The van der Waals surface area contributed by atoms with Crippen molar-refractivity contribution >= 4 is 22.6 Å². The Kier molecular flexibility index (Phi) is 6.20. The van der Waals surface area contributed by atoms with Crippen molar-refractivity contribution in [1.82, 2.24) is 4.57 Å². The van der Waals surface area contributed by atoms with E-state index in [0.717, 1.165) is 11.1 Å². The predicted octanol–water partition coefficient (Wildman–Crippen LogP) is 5.46. The Labute approximate surface area is 213 Å². The summed E-state index contributed by atoms with van der Waals surface area (Å²) in [5.74, 6) is 0.604. The van der Waals surface area contributed by atoms with E-state index in [2.05, 4.69) is 6.07 Å². The van der Waals surface area contributed by atoms with Gasteiger partial charge in [-0.25, -0.2) is 4.79 Å². The number of aromatic hydroxyl groups is 1. The fraction of sp³-hybridized carbons (Fsp3) is 0.172. The van der Waals surface area contributed by atoms with Crippen LogP contribution in [-0.4, -0.2) is 36.5 Å². The molecule has 186 valence electrons. The van der Waals surface area contributed by atoms with E-state index >= 15 is 0 Å². The van der Waals surface area contributed by atoms with Crippen molar-refractivity contribution in [3.8, 4) is 29.1 Å². The molecule has 4 aromatic rings. The lowest BCUT2D eigenvalue weighted by Gasteiger charge is -2.29. The van der Waals surface area contributed by atoms with Crippen LogP contribution in [0.3, 0.4) is 0 Å². The number of carbonyl (C=O) groups is 1. The van der Waals surface area contributed by atoms with Gasteiger partial charge in [0.15, 0.2) is 11.5 Å². The van der Waals surface area contributed by atoms with Gasteiger partial charge in [0.05, 0.1) is 26.7 Å². The molecule has 8 nitrogen and oxygen atoms in total. The lowest BCUT2D eigenvalue weighted by molar-refractivity contribution is 0.0523. The van der Waals surface area contributed by atoms with Crippen LogP contribution in [0.4, 0.5) is 0 Å². The third kappa shape index (κ3) is 4.00. The van der Waals surface area contributed by atoms with Crippen LogP contribution >= 0.6 is 0 Å². The molecule has 1 atom stereocenters. The molecule has 1 unspecified atom stereocenters. The second kappa shape index (κ2) is 9.63. The molecule has 0 saturated carbocycles. The molecule has 0 fully saturated rings. The van der Waals surface area contributed by atoms with E-state index in [1.165, 1.54) is 6.07 Å². The molecule has 0 amide bonds. The van der Waals surface area contributed by atoms with Crippen molar-refractivity contribution in [3.05, 3.63) is 89.3 Å². The molecule has 5 rings (SSSR count). The Bertz CT molecular complexity index is 1580. The first-order valence-corrected chi connectivity index (χ1v) is 11.6. The highest BCUT2D eigenvalue weighted by atomic mass is 16.5. The summed E-state index contributed by atoms with van der Waals surface area (Å²) in [4.78, 5) is 12.4. The van der Waals surface area contributed by atoms with Crippen LogP contribution in [0.25, 0.3) is 16.7 Å². The average Bonchev–Trinajstić information content (AvgIpc) is 3.46. The maximum atomic E-state index is 12.4. The van der Waals surface area contributed by atoms with Gasteiger partial charge >= 0.3 is 5.97 Å². The first-order chi connectivity index (χ1) is 18.0. The fourth-order valence-electron chi connectivity index (χ4n) is 4.65. The zero-order valence-electron chi connectivity index (χ0n) is 20.5. The van der Waals surface area contributed by atoms with Crippen molar-refractivity contribution in [2.24, 2.45) is 0 Å². The monoisotopic (exact) mass is 496 g/mol. The van der Waals surface area contributed by atoms with Crippen LogP contribution in [-0.2, 0) is 4.74 Å². The van der Waals surface area contributed by atoms with E-state index in [9.17, 15) is 15.2 Å². The topological polar surface area (TPSA) is 103 Å². The molecule has 0 aliphatic carbocycles. The minimum absolute atomic E-state index is 0.0699. The standard InChI is InChI=1S/C29H24N2O6/c1-4-36-29(33)21-13-17-7-9-19-26(18-8-10-24(34-2)25(14-18)35-3)22(16-30)28(31-11-5-6-12-31)37-27(19)20(17)15-23(21)32/h5-15,26,32H,4H2,1-3H3. The van der Waals surface area contributed by atoms with E-state index in [-0.39, 0.29) is 17.9 Å². The van der Waals surface area contributed by atoms with Gasteiger partial charge in [-0.3, -0.25) is 4.57 Å². The lowest BCUT2D eigenvalue weighted by Crippen LogP contribution is -2.19. The molecule has 0 spiro atoms. The number of nitriles is 1. The molecule has 1 N–H and O–H groups in total. The molecule has 3 aromatic carbocycles. The number of methoxy groups -OCH3 is 2. The zero-order chi connectivity index (χ0) is 26.1. The van der Waals surface area contributed by atoms with E-state index < -0.39 is 11.9 Å². The third-order valence-electron chi connectivity index (χ3n) is 6.34. The number of nitrogens with zero attached hydrogens (tertiary/aromatic N) is 2. The van der Waals surface area contributed by atoms with Gasteiger partial charge in [0, 0.05) is 23.3 Å². The minimum atomic E-state index is -0.608. The first kappa shape index (κ1) is 23.8. The number of hydrogen-bond donors (Lipinski definition) is 1. The van der Waals surface area contributed by atoms with Crippen molar-refractivity contribution in [2.45, 2.75) is 12.8 Å². The molecule has 1 aliphatic rings. The molecule has 1 aliphatic heterocycles. The van der Waals surface area contributed by atoms with Crippen molar-refractivity contribution in [1.29, 1.82) is 5.26 Å². The summed E-state index contributed by atoms with van der Waals surface area (Å²) < 4.78 is 24.1. The number of carbonyl (C=O) groups excluding carboxylic acids is 1. The van der Waals surface area contributed by atoms with Crippen LogP contribution in [0.15, 0.2) is 72.6 Å². The Morgan fingerprint density at radius 1 is 1.08 bits per heavy atom. The maximum absolute atomic E-state index is 12.4. The number of aromatic nitrogens is 1. The van der Waals surface area contributed by atoms with Gasteiger partial charge in [0.25, 0.3) is 0 Å². The smallest absolute Gasteiger partial charge is 0.341 e. The fourth-order valence-corrected chi connectivity index (χ4v) is 4.65. The van der Waals surface area contributed by atoms with Gasteiger partial charge in [0.2, 0.25) is 5.88 Å². The van der Waals surface area contributed by atoms with Gasteiger partial charge in [-0.15, -0.1) is 0 Å². The van der Waals surface area contributed by atoms with E-state index in [1.807, 2.05) is 36.4 Å². The summed E-state index contributed by atoms with van der Waals surface area (Å²) >= 11 is 0. The molecule has 0 bridgehead atoms. The number of allylic oxidation sites excluding steroid dienone is 1. The predicted molar refractivity (Wildman–Crippen MR) is 137 cm³/mol. The number of phenolic OH excluding ortho intramolecular Hbond substituents is 1. The zero-order valence-corrected chi connectivity index (χ0v) is 20.5. The van der Waals surface area contributed by atoms with Crippen LogP contribution in [0.1, 0.15) is 34.3 Å². The highest BCUT2D eigenvalue weighted by Gasteiger charge is 2.34. The summed E-state index contributed by atoms with van der Waals surface area (Å²) in [6.45, 7) is 1.90. The quantitative estimate of drug-likeness (QED) is 0.354. The summed E-state index contributed by atoms with van der Waals surface area (Å²) in [6.07, 6.45) is 3.59. The number of rotatable bonds is 6. The Balaban J connectivity index is 1.77. The lowest BCUT2D eigenvalue weighted by atomic mass is 9.82. The van der Waals surface area contributed by atoms with Gasteiger partial charge in [-0.2, -0.15) is 5.26 Å². The number of esters is 1. The Hall–Kier alpha value is -4.90. The highest BCUT2D eigenvalue weighted by molar-refractivity contribution is 6.01. The van der Waals surface area contributed by atoms with E-state index in [0.29, 0.717) is 39.5 Å². The molecular formula is C29H24N2O6. The summed E-state index contributed by atoms with van der Waals surface area (Å²) in [5.41, 5.74) is 2.01. The number of ether oxygens (including phenoxy) is 4. The number of fused-ring (bicyclic) bond motifs is 3. The summed E-state index contributed by atoms with van der Waals surface area (Å²) in [6, 6.07) is 18.3. The van der Waals surface area contributed by atoms with E-state index in [1.54, 1.807) is 50.2 Å². The second-order valence-electron chi connectivity index (χ2n) is 8.37. The maximum Gasteiger partial charge on any atom is 0.341 e. The minimum Gasteiger partial charge on any atom is -0.507 e. The van der Waals surface area contributed by atoms with Gasteiger partial charge in [0.1, 0.15) is 28.7 Å². The normalized spacial score (nSPS) is 14.5. The van der Waals surface area contributed by atoms with Gasteiger partial charge in [-0.05, 0) is 54.3 Å². The largest absolute Gasteiger partial charge is 0.507 e. The van der Waals surface area contributed by atoms with Crippen molar-refractivity contribution in [3.63, 3.8) is 0 Å². The second-order valence-corrected chi connectivity index (χ2v) is 8.37. The number of hydrogen-bond acceptors (Lipinski definition) is 7. The summed E-state index contributed by atoms with van der Waals surface area (Å²) in [5, 5.41) is 22.3. The molecule has 0 radical (unpaired) electrons. The van der Waals surface area contributed by atoms with Gasteiger partial charge < -0.3 is 24.1 Å². The number of phenols is 1. The molecular weight excluding hydrogens is 472 g/mol. The van der Waals surface area contributed by atoms with Gasteiger partial charge in [-0.1, -0.05) is 18.2 Å². The highest BCUT2D eigenvalue weighted by Crippen LogP contribution is 2.49. The van der Waals surface area contributed by atoms with Crippen LogP contribution in [0.5, 0.6) is 23.0 Å².